The van der Waals surface area contributed by atoms with Crippen LogP contribution < -0.4 is 5.32 Å². The molecule has 0 saturated carbocycles. The molecule has 2 unspecified atom stereocenters. The van der Waals surface area contributed by atoms with E-state index in [1.54, 1.807) is 15.3 Å². The van der Waals surface area contributed by atoms with E-state index in [4.69, 9.17) is 0 Å². The van der Waals surface area contributed by atoms with Crippen molar-refractivity contribution in [3.8, 4) is 0 Å². The third-order valence-electron chi connectivity index (χ3n) is 4.71. The van der Waals surface area contributed by atoms with Gasteiger partial charge in [-0.25, -0.2) is 0 Å². The third kappa shape index (κ3) is 3.44. The molecular weight excluding hydrogens is 264 g/mol. The molecule has 0 spiro atoms. The van der Waals surface area contributed by atoms with Gasteiger partial charge in [-0.1, -0.05) is 0 Å². The van der Waals surface area contributed by atoms with Gasteiger partial charge >= 0.3 is 0 Å². The van der Waals surface area contributed by atoms with Crippen molar-refractivity contribution >= 4 is 11.3 Å². The number of aryl methyl sites for hydroxylation is 2. The van der Waals surface area contributed by atoms with Gasteiger partial charge in [-0.15, -0.1) is 11.3 Å². The summed E-state index contributed by atoms with van der Waals surface area (Å²) in [5, 5.41) is 3.80. The Hall–Kier alpha value is -0.380. The van der Waals surface area contributed by atoms with E-state index in [9.17, 15) is 0 Å². The zero-order valence-corrected chi connectivity index (χ0v) is 13.8. The number of hydrogen-bond acceptors (Lipinski definition) is 3. The van der Waals surface area contributed by atoms with Crippen LogP contribution in [0.25, 0.3) is 0 Å². The predicted molar refractivity (Wildman–Crippen MR) is 87.6 cm³/mol. The van der Waals surface area contributed by atoms with Gasteiger partial charge in [0, 0.05) is 28.4 Å². The zero-order valence-electron chi connectivity index (χ0n) is 13.0. The minimum Gasteiger partial charge on any atom is -0.306 e. The molecule has 1 aliphatic carbocycles. The second-order valence-electron chi connectivity index (χ2n) is 6.60. The van der Waals surface area contributed by atoms with Crippen molar-refractivity contribution in [2.24, 2.45) is 0 Å². The molecule has 3 rings (SSSR count). The largest absolute Gasteiger partial charge is 0.306 e. The van der Waals surface area contributed by atoms with Crippen molar-refractivity contribution in [2.45, 2.75) is 64.5 Å². The van der Waals surface area contributed by atoms with Gasteiger partial charge in [0.1, 0.15) is 0 Å². The Morgan fingerprint density at radius 1 is 1.15 bits per heavy atom. The highest BCUT2D eigenvalue weighted by atomic mass is 32.1. The van der Waals surface area contributed by atoms with Crippen molar-refractivity contribution in [1.82, 2.24) is 10.2 Å². The summed E-state index contributed by atoms with van der Waals surface area (Å²) in [4.78, 5) is 5.81. The van der Waals surface area contributed by atoms with Crippen LogP contribution in [0.5, 0.6) is 0 Å². The number of nitrogens with zero attached hydrogens (tertiary/aromatic N) is 1. The molecule has 0 amide bonds. The van der Waals surface area contributed by atoms with Gasteiger partial charge in [0.05, 0.1) is 0 Å². The predicted octanol–water partition coefficient (Wildman–Crippen LogP) is 3.76. The lowest BCUT2D eigenvalue weighted by molar-refractivity contribution is 0.290. The normalized spacial score (nSPS) is 22.7. The molecule has 1 saturated heterocycles. The molecule has 112 valence electrons. The first kappa shape index (κ1) is 14.6. The average Bonchev–Trinajstić information content (AvgIpc) is 3.06. The molecule has 1 N–H and O–H groups in total. The first-order chi connectivity index (χ1) is 9.72. The van der Waals surface area contributed by atoms with E-state index in [0.717, 1.165) is 0 Å². The van der Waals surface area contributed by atoms with Crippen LogP contribution in [0.2, 0.25) is 0 Å². The Morgan fingerprint density at radius 3 is 2.65 bits per heavy atom. The molecule has 0 radical (unpaired) electrons. The van der Waals surface area contributed by atoms with Gasteiger partial charge in [0.25, 0.3) is 0 Å². The quantitative estimate of drug-likeness (QED) is 0.889. The Morgan fingerprint density at radius 2 is 1.90 bits per heavy atom. The molecule has 2 aliphatic rings. The van der Waals surface area contributed by atoms with Crippen LogP contribution in [0.1, 0.15) is 60.9 Å². The van der Waals surface area contributed by atoms with E-state index in [1.165, 1.54) is 58.2 Å². The lowest BCUT2D eigenvalue weighted by atomic mass is 9.99. The molecule has 0 aromatic carbocycles. The molecule has 0 bridgehead atoms. The number of fused-ring (bicyclic) bond motifs is 1. The van der Waals surface area contributed by atoms with Crippen LogP contribution in [0, 0.1) is 0 Å². The summed E-state index contributed by atoms with van der Waals surface area (Å²) < 4.78 is 0. The minimum atomic E-state index is 0.503. The molecular formula is C17H28N2S. The molecule has 1 fully saturated rings. The van der Waals surface area contributed by atoms with Crippen molar-refractivity contribution < 1.29 is 0 Å². The molecule has 1 aliphatic heterocycles. The second kappa shape index (κ2) is 6.59. The number of thiophene rings is 1. The third-order valence-corrected chi connectivity index (χ3v) is 6.13. The van der Waals surface area contributed by atoms with E-state index >= 15 is 0 Å². The molecule has 3 heteroatoms. The van der Waals surface area contributed by atoms with Crippen LogP contribution in [0.4, 0.5) is 0 Å². The number of hydrogen-bond donors (Lipinski definition) is 1. The Labute approximate surface area is 127 Å². The average molecular weight is 292 g/mol. The first-order valence-electron chi connectivity index (χ1n) is 8.32. The fraction of sp³-hybridized carbons (Fsp3) is 0.765. The molecule has 1 aromatic heterocycles. The standard InChI is InChI=1S/C17H28N2S/c1-13(12-19-9-5-6-10-19)18-14(2)17-11-15-7-3-4-8-16(15)20-17/h11,13-14,18H,3-10,12H2,1-2H3. The summed E-state index contributed by atoms with van der Waals surface area (Å²) >= 11 is 2.05. The maximum absolute atomic E-state index is 3.80. The van der Waals surface area contributed by atoms with Crippen molar-refractivity contribution in [2.75, 3.05) is 19.6 Å². The summed E-state index contributed by atoms with van der Waals surface area (Å²) in [6, 6.07) is 3.56. The number of nitrogens with one attached hydrogen (secondary N) is 1. The highest BCUT2D eigenvalue weighted by Crippen LogP contribution is 2.32. The topological polar surface area (TPSA) is 15.3 Å². The zero-order chi connectivity index (χ0) is 13.9. The van der Waals surface area contributed by atoms with Crippen molar-refractivity contribution in [3.63, 3.8) is 0 Å². The fourth-order valence-corrected chi connectivity index (χ4v) is 4.91. The van der Waals surface area contributed by atoms with E-state index in [1.807, 2.05) is 0 Å². The van der Waals surface area contributed by atoms with E-state index in [2.05, 4.69) is 41.5 Å². The summed E-state index contributed by atoms with van der Waals surface area (Å²) in [6.45, 7) is 8.47. The van der Waals surface area contributed by atoms with Crippen LogP contribution in [0.3, 0.4) is 0 Å². The first-order valence-corrected chi connectivity index (χ1v) is 9.14. The van der Waals surface area contributed by atoms with Crippen LogP contribution in [-0.2, 0) is 12.8 Å². The maximum Gasteiger partial charge on any atom is 0.0388 e. The second-order valence-corrected chi connectivity index (χ2v) is 7.77. The maximum atomic E-state index is 3.80. The molecule has 20 heavy (non-hydrogen) atoms. The molecule has 1 aromatic rings. The van der Waals surface area contributed by atoms with Crippen LogP contribution in [-0.4, -0.2) is 30.6 Å². The summed E-state index contributed by atoms with van der Waals surface area (Å²) in [5.41, 5.74) is 1.64. The monoisotopic (exact) mass is 292 g/mol. The molecule has 2 heterocycles. The van der Waals surface area contributed by atoms with Crippen LogP contribution in [0.15, 0.2) is 6.07 Å². The van der Waals surface area contributed by atoms with Crippen molar-refractivity contribution in [1.29, 1.82) is 0 Å². The number of rotatable bonds is 5. The van der Waals surface area contributed by atoms with E-state index < -0.39 is 0 Å². The Bertz CT molecular complexity index is 411. The van der Waals surface area contributed by atoms with Gasteiger partial charge in [-0.3, -0.25) is 0 Å². The lowest BCUT2D eigenvalue weighted by Gasteiger charge is -2.24. The van der Waals surface area contributed by atoms with Gasteiger partial charge < -0.3 is 10.2 Å². The summed E-state index contributed by atoms with van der Waals surface area (Å²) in [7, 11) is 0. The highest BCUT2D eigenvalue weighted by Gasteiger charge is 2.19. The van der Waals surface area contributed by atoms with Gasteiger partial charge in [0.15, 0.2) is 0 Å². The van der Waals surface area contributed by atoms with Crippen LogP contribution >= 0.6 is 11.3 Å². The summed E-state index contributed by atoms with van der Waals surface area (Å²) in [6.07, 6.45) is 8.17. The fourth-order valence-electron chi connectivity index (χ4n) is 3.64. The molecule has 2 nitrogen and oxygen atoms in total. The Balaban J connectivity index is 1.55. The highest BCUT2D eigenvalue weighted by molar-refractivity contribution is 7.12. The number of likely N-dealkylation sites (tertiary alicyclic amines) is 1. The minimum absolute atomic E-state index is 0.503. The summed E-state index contributed by atoms with van der Waals surface area (Å²) in [5.74, 6) is 0. The van der Waals surface area contributed by atoms with Gasteiger partial charge in [-0.05, 0) is 77.1 Å². The van der Waals surface area contributed by atoms with E-state index in [-0.39, 0.29) is 0 Å². The lowest BCUT2D eigenvalue weighted by Crippen LogP contribution is -2.38. The molecule has 2 atom stereocenters. The Kier molecular flexibility index (Phi) is 4.79. The SMILES string of the molecule is CC(CN1CCCC1)NC(C)c1cc2c(s1)CCCC2. The van der Waals surface area contributed by atoms with Gasteiger partial charge in [-0.2, -0.15) is 0 Å². The van der Waals surface area contributed by atoms with Gasteiger partial charge in [0.2, 0.25) is 0 Å². The smallest absolute Gasteiger partial charge is 0.0388 e. The van der Waals surface area contributed by atoms with E-state index in [0.29, 0.717) is 12.1 Å². The van der Waals surface area contributed by atoms with Crippen molar-refractivity contribution in [3.05, 3.63) is 21.4 Å².